The van der Waals surface area contributed by atoms with Crippen LogP contribution < -0.4 is 10.4 Å². The zero-order valence-corrected chi connectivity index (χ0v) is 11.6. The molecule has 0 N–H and O–H groups in total. The Morgan fingerprint density at radius 3 is 2.33 bits per heavy atom. The van der Waals surface area contributed by atoms with Crippen molar-refractivity contribution in [2.75, 3.05) is 7.11 Å². The van der Waals surface area contributed by atoms with Crippen LogP contribution >= 0.6 is 0 Å². The number of methoxy groups -OCH3 is 1. The standard InChI is InChI=1S/C18H14O3/c1-20-16-9-5-8-14(10-16)17-11-15(12-18(19)21-17)13-6-3-2-4-7-13/h2-12H,1H3. The second kappa shape index (κ2) is 5.67. The number of ether oxygens (including phenoxy) is 1. The quantitative estimate of drug-likeness (QED) is 0.727. The van der Waals surface area contributed by atoms with E-state index in [1.165, 1.54) is 6.07 Å². The zero-order valence-electron chi connectivity index (χ0n) is 11.6. The van der Waals surface area contributed by atoms with E-state index in [-0.39, 0.29) is 5.63 Å². The van der Waals surface area contributed by atoms with Gasteiger partial charge in [-0.3, -0.25) is 0 Å². The zero-order chi connectivity index (χ0) is 14.7. The molecule has 0 unspecified atom stereocenters. The van der Waals surface area contributed by atoms with Gasteiger partial charge in [-0.1, -0.05) is 42.5 Å². The number of rotatable bonds is 3. The maximum Gasteiger partial charge on any atom is 0.336 e. The fourth-order valence-corrected chi connectivity index (χ4v) is 2.19. The summed E-state index contributed by atoms with van der Waals surface area (Å²) < 4.78 is 10.5. The SMILES string of the molecule is COc1cccc(-c2cc(-c3ccccc3)cc(=O)o2)c1. The summed E-state index contributed by atoms with van der Waals surface area (Å²) in [4.78, 5) is 11.8. The normalized spacial score (nSPS) is 10.3. The maximum absolute atomic E-state index is 11.8. The van der Waals surface area contributed by atoms with Gasteiger partial charge in [0.25, 0.3) is 0 Å². The minimum absolute atomic E-state index is 0.367. The minimum Gasteiger partial charge on any atom is -0.497 e. The molecule has 21 heavy (non-hydrogen) atoms. The second-order valence-corrected chi connectivity index (χ2v) is 4.63. The highest BCUT2D eigenvalue weighted by molar-refractivity contribution is 5.69. The molecule has 0 atom stereocenters. The van der Waals surface area contributed by atoms with Crippen molar-refractivity contribution in [3.63, 3.8) is 0 Å². The summed E-state index contributed by atoms with van der Waals surface area (Å²) >= 11 is 0. The first-order valence-corrected chi connectivity index (χ1v) is 6.61. The molecule has 2 aromatic carbocycles. The Morgan fingerprint density at radius 2 is 1.57 bits per heavy atom. The van der Waals surface area contributed by atoms with Crippen LogP contribution in [-0.4, -0.2) is 7.11 Å². The lowest BCUT2D eigenvalue weighted by Crippen LogP contribution is -1.98. The van der Waals surface area contributed by atoms with Crippen molar-refractivity contribution >= 4 is 0 Å². The third-order valence-corrected chi connectivity index (χ3v) is 3.23. The molecular weight excluding hydrogens is 264 g/mol. The van der Waals surface area contributed by atoms with Crippen molar-refractivity contribution < 1.29 is 9.15 Å². The minimum atomic E-state index is -0.367. The average Bonchev–Trinajstić information content (AvgIpc) is 2.55. The third kappa shape index (κ3) is 2.87. The van der Waals surface area contributed by atoms with Crippen LogP contribution in [0.15, 0.2) is 75.9 Å². The highest BCUT2D eigenvalue weighted by atomic mass is 16.5. The van der Waals surface area contributed by atoms with Gasteiger partial charge in [0, 0.05) is 11.6 Å². The predicted molar refractivity (Wildman–Crippen MR) is 82.4 cm³/mol. The van der Waals surface area contributed by atoms with E-state index in [4.69, 9.17) is 9.15 Å². The Bertz CT molecular complexity index is 804. The molecule has 3 nitrogen and oxygen atoms in total. The third-order valence-electron chi connectivity index (χ3n) is 3.23. The summed E-state index contributed by atoms with van der Waals surface area (Å²) in [5.74, 6) is 1.25. The van der Waals surface area contributed by atoms with Crippen molar-refractivity contribution in [1.29, 1.82) is 0 Å². The van der Waals surface area contributed by atoms with Crippen LogP contribution in [0.5, 0.6) is 5.75 Å². The fourth-order valence-electron chi connectivity index (χ4n) is 2.19. The lowest BCUT2D eigenvalue weighted by molar-refractivity contribution is 0.414. The molecule has 0 bridgehead atoms. The van der Waals surface area contributed by atoms with Crippen LogP contribution in [0.2, 0.25) is 0 Å². The van der Waals surface area contributed by atoms with Gasteiger partial charge < -0.3 is 9.15 Å². The van der Waals surface area contributed by atoms with Gasteiger partial charge in [-0.15, -0.1) is 0 Å². The molecule has 0 saturated heterocycles. The van der Waals surface area contributed by atoms with E-state index < -0.39 is 0 Å². The van der Waals surface area contributed by atoms with E-state index in [0.717, 1.165) is 22.4 Å². The molecule has 1 heterocycles. The number of benzene rings is 2. The molecule has 3 rings (SSSR count). The highest BCUT2D eigenvalue weighted by Crippen LogP contribution is 2.26. The number of hydrogen-bond acceptors (Lipinski definition) is 3. The van der Waals surface area contributed by atoms with Crippen LogP contribution in [0.1, 0.15) is 0 Å². The molecule has 0 aliphatic rings. The Balaban J connectivity index is 2.12. The molecule has 0 aliphatic carbocycles. The van der Waals surface area contributed by atoms with Gasteiger partial charge in [0.15, 0.2) is 0 Å². The topological polar surface area (TPSA) is 39.4 Å². The van der Waals surface area contributed by atoms with E-state index in [1.807, 2.05) is 60.7 Å². The lowest BCUT2D eigenvalue weighted by Gasteiger charge is -2.06. The lowest BCUT2D eigenvalue weighted by atomic mass is 10.0. The van der Waals surface area contributed by atoms with Crippen LogP contribution in [-0.2, 0) is 0 Å². The summed E-state index contributed by atoms with van der Waals surface area (Å²) in [7, 11) is 1.61. The summed E-state index contributed by atoms with van der Waals surface area (Å²) in [5.41, 5.74) is 2.26. The molecular formula is C18H14O3. The van der Waals surface area contributed by atoms with Crippen molar-refractivity contribution in [3.05, 3.63) is 77.2 Å². The first kappa shape index (κ1) is 13.2. The molecule has 0 aliphatic heterocycles. The van der Waals surface area contributed by atoms with E-state index in [1.54, 1.807) is 7.11 Å². The van der Waals surface area contributed by atoms with E-state index in [0.29, 0.717) is 5.76 Å². The van der Waals surface area contributed by atoms with Crippen LogP contribution in [0, 0.1) is 0 Å². The van der Waals surface area contributed by atoms with Crippen molar-refractivity contribution in [2.24, 2.45) is 0 Å². The Morgan fingerprint density at radius 1 is 0.810 bits per heavy atom. The first-order valence-electron chi connectivity index (χ1n) is 6.61. The van der Waals surface area contributed by atoms with E-state index >= 15 is 0 Å². The summed E-state index contributed by atoms with van der Waals surface area (Å²) in [5, 5.41) is 0. The van der Waals surface area contributed by atoms with Gasteiger partial charge >= 0.3 is 5.63 Å². The molecule has 0 amide bonds. The average molecular weight is 278 g/mol. The van der Waals surface area contributed by atoms with Crippen LogP contribution in [0.4, 0.5) is 0 Å². The van der Waals surface area contributed by atoms with E-state index in [9.17, 15) is 4.79 Å². The molecule has 0 spiro atoms. The molecule has 3 heteroatoms. The predicted octanol–water partition coefficient (Wildman–Crippen LogP) is 3.98. The maximum atomic E-state index is 11.8. The molecule has 0 saturated carbocycles. The largest absolute Gasteiger partial charge is 0.497 e. The molecule has 1 aromatic heterocycles. The van der Waals surface area contributed by atoms with Crippen LogP contribution in [0.25, 0.3) is 22.5 Å². The van der Waals surface area contributed by atoms with Gasteiger partial charge in [0.2, 0.25) is 0 Å². The van der Waals surface area contributed by atoms with Crippen LogP contribution in [0.3, 0.4) is 0 Å². The molecule has 3 aromatic rings. The Kier molecular flexibility index (Phi) is 3.56. The van der Waals surface area contributed by atoms with Crippen molar-refractivity contribution in [1.82, 2.24) is 0 Å². The monoisotopic (exact) mass is 278 g/mol. The summed E-state index contributed by atoms with van der Waals surface area (Å²) in [6, 6.07) is 20.6. The van der Waals surface area contributed by atoms with Crippen molar-refractivity contribution in [3.8, 4) is 28.2 Å². The van der Waals surface area contributed by atoms with Crippen molar-refractivity contribution in [2.45, 2.75) is 0 Å². The van der Waals surface area contributed by atoms with Gasteiger partial charge in [-0.25, -0.2) is 4.79 Å². The number of hydrogen-bond donors (Lipinski definition) is 0. The fraction of sp³-hybridized carbons (Fsp3) is 0.0556. The van der Waals surface area contributed by atoms with Gasteiger partial charge in [0.05, 0.1) is 7.11 Å². The first-order chi connectivity index (χ1) is 10.3. The summed E-state index contributed by atoms with van der Waals surface area (Å²) in [6.07, 6.45) is 0. The second-order valence-electron chi connectivity index (χ2n) is 4.63. The Labute approximate surface area is 122 Å². The van der Waals surface area contributed by atoms with Gasteiger partial charge in [-0.05, 0) is 29.3 Å². The molecule has 0 fully saturated rings. The smallest absolute Gasteiger partial charge is 0.336 e. The van der Waals surface area contributed by atoms with Gasteiger partial charge in [0.1, 0.15) is 11.5 Å². The molecule has 0 radical (unpaired) electrons. The van der Waals surface area contributed by atoms with Gasteiger partial charge in [-0.2, -0.15) is 0 Å². The Hall–Kier alpha value is -2.81. The van der Waals surface area contributed by atoms with E-state index in [2.05, 4.69) is 0 Å². The highest BCUT2D eigenvalue weighted by Gasteiger charge is 2.07. The summed E-state index contributed by atoms with van der Waals surface area (Å²) in [6.45, 7) is 0. The molecule has 104 valence electrons.